The molecule has 0 aliphatic rings. The molecule has 0 rings (SSSR count). The average molecular weight is 225 g/mol. The Morgan fingerprint density at radius 3 is 2.85 bits per heavy atom. The Morgan fingerprint density at radius 2 is 2.23 bits per heavy atom. The monoisotopic (exact) mass is 225 g/mol. The van der Waals surface area contributed by atoms with Crippen molar-refractivity contribution in [2.45, 2.75) is 0 Å². The average Bonchev–Trinajstić information content (AvgIpc) is 2.13. The Kier molecular flexibility index (Phi) is 9.96. The molecule has 0 unspecified atom stereocenters. The number of rotatable bonds is 7. The summed E-state index contributed by atoms with van der Waals surface area (Å²) in [6.45, 7) is 1.45. The summed E-state index contributed by atoms with van der Waals surface area (Å²) in [4.78, 5) is 10.9. The molecule has 0 heterocycles. The number of ether oxygens (including phenoxy) is 2. The summed E-state index contributed by atoms with van der Waals surface area (Å²) in [6, 6.07) is 0. The molecule has 0 radical (unpaired) electrons. The van der Waals surface area contributed by atoms with Crippen LogP contribution < -0.4 is 5.32 Å². The lowest BCUT2D eigenvalue weighted by Gasteiger charge is -2.05. The zero-order valence-corrected chi connectivity index (χ0v) is 9.50. The number of methoxy groups -OCH3 is 1. The summed E-state index contributed by atoms with van der Waals surface area (Å²) >= 11 is 0. The van der Waals surface area contributed by atoms with Crippen molar-refractivity contribution in [2.75, 3.05) is 38.9 Å². The van der Waals surface area contributed by atoms with Crippen LogP contribution in [-0.2, 0) is 9.47 Å². The van der Waals surface area contributed by atoms with Crippen LogP contribution in [0.5, 0.6) is 0 Å². The van der Waals surface area contributed by atoms with Crippen molar-refractivity contribution < 1.29 is 14.3 Å². The van der Waals surface area contributed by atoms with Crippen LogP contribution in [0.4, 0.5) is 4.79 Å². The lowest BCUT2D eigenvalue weighted by molar-refractivity contribution is 0.145. The standard InChI is InChI=1S/C7H15NO3S2/c1-10-4-3-8-7(9)11-5-6-13-12-2/h3-6H2,1-2H3,(H,8,9). The van der Waals surface area contributed by atoms with Gasteiger partial charge in [0.1, 0.15) is 6.61 Å². The van der Waals surface area contributed by atoms with Crippen LogP contribution in [-0.4, -0.2) is 45.0 Å². The summed E-state index contributed by atoms with van der Waals surface area (Å²) in [6.07, 6.45) is 1.61. The van der Waals surface area contributed by atoms with Gasteiger partial charge in [-0.2, -0.15) is 0 Å². The van der Waals surface area contributed by atoms with E-state index in [2.05, 4.69) is 5.32 Å². The fourth-order valence-corrected chi connectivity index (χ4v) is 1.58. The molecule has 0 aromatic heterocycles. The van der Waals surface area contributed by atoms with E-state index in [9.17, 15) is 4.79 Å². The molecule has 1 amide bonds. The van der Waals surface area contributed by atoms with Gasteiger partial charge in [-0.05, 0) is 6.26 Å². The Hall–Kier alpha value is -0.0700. The lowest BCUT2D eigenvalue weighted by Crippen LogP contribution is -2.28. The first-order chi connectivity index (χ1) is 6.31. The molecule has 0 saturated heterocycles. The first-order valence-electron chi connectivity index (χ1n) is 3.86. The van der Waals surface area contributed by atoms with Gasteiger partial charge in [0.2, 0.25) is 0 Å². The summed E-state index contributed by atoms with van der Waals surface area (Å²) in [7, 11) is 4.91. The molecule has 0 spiro atoms. The first kappa shape index (κ1) is 12.9. The van der Waals surface area contributed by atoms with E-state index >= 15 is 0 Å². The second-order valence-electron chi connectivity index (χ2n) is 2.04. The van der Waals surface area contributed by atoms with E-state index in [0.717, 1.165) is 5.75 Å². The highest BCUT2D eigenvalue weighted by molar-refractivity contribution is 8.76. The third-order valence-electron chi connectivity index (χ3n) is 1.09. The van der Waals surface area contributed by atoms with Gasteiger partial charge < -0.3 is 14.8 Å². The molecule has 0 saturated carbocycles. The third-order valence-corrected chi connectivity index (χ3v) is 2.87. The maximum absolute atomic E-state index is 10.9. The molecule has 0 aliphatic heterocycles. The normalized spacial score (nSPS) is 9.69. The van der Waals surface area contributed by atoms with Crippen LogP contribution in [0, 0.1) is 0 Å². The molecule has 13 heavy (non-hydrogen) atoms. The fourth-order valence-electron chi connectivity index (χ4n) is 0.558. The molecule has 0 bridgehead atoms. The van der Waals surface area contributed by atoms with Crippen molar-refractivity contribution in [1.29, 1.82) is 0 Å². The zero-order valence-electron chi connectivity index (χ0n) is 7.87. The molecule has 0 aromatic rings. The van der Waals surface area contributed by atoms with Gasteiger partial charge in [0.25, 0.3) is 0 Å². The van der Waals surface area contributed by atoms with Crippen molar-refractivity contribution in [2.24, 2.45) is 0 Å². The summed E-state index contributed by atoms with van der Waals surface area (Å²) in [5.74, 6) is 0.818. The largest absolute Gasteiger partial charge is 0.449 e. The number of hydrogen-bond donors (Lipinski definition) is 1. The lowest BCUT2D eigenvalue weighted by atomic mass is 10.7. The van der Waals surface area contributed by atoms with Crippen LogP contribution in [0.3, 0.4) is 0 Å². The molecular weight excluding hydrogens is 210 g/mol. The van der Waals surface area contributed by atoms with Crippen LogP contribution in [0.2, 0.25) is 0 Å². The number of amides is 1. The smallest absolute Gasteiger partial charge is 0.407 e. The van der Waals surface area contributed by atoms with E-state index < -0.39 is 0 Å². The minimum Gasteiger partial charge on any atom is -0.449 e. The second-order valence-corrected chi connectivity index (χ2v) is 4.73. The predicted octanol–water partition coefficient (Wildman–Crippen LogP) is 1.37. The molecule has 0 atom stereocenters. The van der Waals surface area contributed by atoms with Crippen molar-refractivity contribution in [1.82, 2.24) is 5.32 Å². The summed E-state index contributed by atoms with van der Waals surface area (Å²) in [5, 5.41) is 2.56. The fraction of sp³-hybridized carbons (Fsp3) is 0.857. The first-order valence-corrected chi connectivity index (χ1v) is 6.59. The van der Waals surface area contributed by atoms with Gasteiger partial charge in [0, 0.05) is 19.4 Å². The van der Waals surface area contributed by atoms with E-state index in [-0.39, 0.29) is 6.09 Å². The summed E-state index contributed by atoms with van der Waals surface area (Å²) in [5.41, 5.74) is 0. The van der Waals surface area contributed by atoms with Crippen LogP contribution in [0.15, 0.2) is 0 Å². The minimum atomic E-state index is -0.376. The van der Waals surface area contributed by atoms with Crippen LogP contribution in [0.1, 0.15) is 0 Å². The number of alkyl carbamates (subject to hydrolysis) is 1. The van der Waals surface area contributed by atoms with Crippen molar-refractivity contribution >= 4 is 27.7 Å². The van der Waals surface area contributed by atoms with Gasteiger partial charge in [-0.15, -0.1) is 0 Å². The zero-order chi connectivity index (χ0) is 9.94. The van der Waals surface area contributed by atoms with Crippen molar-refractivity contribution in [3.8, 4) is 0 Å². The molecule has 1 N–H and O–H groups in total. The molecule has 6 heteroatoms. The molecule has 78 valence electrons. The van der Waals surface area contributed by atoms with Crippen LogP contribution >= 0.6 is 21.6 Å². The summed E-state index contributed by atoms with van der Waals surface area (Å²) < 4.78 is 9.61. The maximum atomic E-state index is 10.9. The SMILES string of the molecule is COCCNC(=O)OCCSSC. The van der Waals surface area contributed by atoms with Gasteiger partial charge in [0.05, 0.1) is 6.61 Å². The Balaban J connectivity index is 3.11. The van der Waals surface area contributed by atoms with Crippen molar-refractivity contribution in [3.63, 3.8) is 0 Å². The number of nitrogens with one attached hydrogen (secondary N) is 1. The predicted molar refractivity (Wildman–Crippen MR) is 57.2 cm³/mol. The highest BCUT2D eigenvalue weighted by Crippen LogP contribution is 2.15. The quantitative estimate of drug-likeness (QED) is 0.524. The van der Waals surface area contributed by atoms with E-state index in [1.807, 2.05) is 6.26 Å². The highest BCUT2D eigenvalue weighted by Gasteiger charge is 1.99. The molecule has 4 nitrogen and oxygen atoms in total. The van der Waals surface area contributed by atoms with Crippen molar-refractivity contribution in [3.05, 3.63) is 0 Å². The molecule has 0 aliphatic carbocycles. The van der Waals surface area contributed by atoms with Gasteiger partial charge in [0.15, 0.2) is 0 Å². The Labute approximate surface area is 86.5 Å². The van der Waals surface area contributed by atoms with Crippen LogP contribution in [0.25, 0.3) is 0 Å². The number of carbonyl (C=O) groups excluding carboxylic acids is 1. The van der Waals surface area contributed by atoms with E-state index in [0.29, 0.717) is 19.8 Å². The maximum Gasteiger partial charge on any atom is 0.407 e. The number of carbonyl (C=O) groups is 1. The number of hydrogen-bond acceptors (Lipinski definition) is 5. The Bertz CT molecular complexity index is 135. The van der Waals surface area contributed by atoms with Gasteiger partial charge in [-0.25, -0.2) is 4.79 Å². The van der Waals surface area contributed by atoms with Gasteiger partial charge in [-0.3, -0.25) is 0 Å². The van der Waals surface area contributed by atoms with Gasteiger partial charge >= 0.3 is 6.09 Å². The second kappa shape index (κ2) is 10.0. The van der Waals surface area contributed by atoms with E-state index in [4.69, 9.17) is 9.47 Å². The molecular formula is C7H15NO3S2. The third kappa shape index (κ3) is 9.85. The molecule has 0 aromatic carbocycles. The molecule has 0 fully saturated rings. The van der Waals surface area contributed by atoms with E-state index in [1.54, 1.807) is 28.7 Å². The highest BCUT2D eigenvalue weighted by atomic mass is 33.1. The van der Waals surface area contributed by atoms with Gasteiger partial charge in [-0.1, -0.05) is 21.6 Å². The Morgan fingerprint density at radius 1 is 1.46 bits per heavy atom. The van der Waals surface area contributed by atoms with E-state index in [1.165, 1.54) is 0 Å². The minimum absolute atomic E-state index is 0.376. The topological polar surface area (TPSA) is 47.6 Å².